The van der Waals surface area contributed by atoms with Crippen LogP contribution in [0.25, 0.3) is 0 Å². The van der Waals surface area contributed by atoms with Crippen LogP contribution in [0.3, 0.4) is 0 Å². The number of nitrogens with one attached hydrogen (secondary N) is 1. The molecule has 1 nitrogen and oxygen atoms in total. The molecule has 0 saturated heterocycles. The van der Waals surface area contributed by atoms with Gasteiger partial charge in [-0.15, -0.1) is 6.58 Å². The summed E-state index contributed by atoms with van der Waals surface area (Å²) in [6.45, 7) is 8.78. The molecule has 16 heavy (non-hydrogen) atoms. The summed E-state index contributed by atoms with van der Waals surface area (Å²) < 4.78 is 13.9. The number of hydrogen-bond acceptors (Lipinski definition) is 1. The first-order chi connectivity index (χ1) is 7.54. The zero-order chi connectivity index (χ0) is 12.1. The zero-order valence-electron chi connectivity index (χ0n) is 9.69. The van der Waals surface area contributed by atoms with Gasteiger partial charge in [0.15, 0.2) is 0 Å². The Balaban J connectivity index is 2.91. The van der Waals surface area contributed by atoms with E-state index in [2.05, 4.69) is 27.8 Å². The molecule has 1 aromatic carbocycles. The molecule has 1 atom stereocenters. The van der Waals surface area contributed by atoms with Crippen LogP contribution in [-0.4, -0.2) is 6.54 Å². The summed E-state index contributed by atoms with van der Waals surface area (Å²) in [7, 11) is 0. The van der Waals surface area contributed by atoms with Gasteiger partial charge in [-0.2, -0.15) is 0 Å². The van der Waals surface area contributed by atoms with E-state index in [0.717, 1.165) is 24.1 Å². The minimum absolute atomic E-state index is 0.144. The summed E-state index contributed by atoms with van der Waals surface area (Å²) in [5.74, 6) is -0.220. The van der Waals surface area contributed by atoms with Gasteiger partial charge in [-0.3, -0.25) is 0 Å². The van der Waals surface area contributed by atoms with Gasteiger partial charge in [0.25, 0.3) is 0 Å². The topological polar surface area (TPSA) is 12.0 Å². The fourth-order valence-electron chi connectivity index (χ4n) is 1.63. The van der Waals surface area contributed by atoms with Crippen molar-refractivity contribution in [3.05, 3.63) is 46.2 Å². The molecular formula is C13H17BrFN. The largest absolute Gasteiger partial charge is 0.310 e. The molecule has 0 aliphatic heterocycles. The van der Waals surface area contributed by atoms with Crippen molar-refractivity contribution >= 4 is 15.9 Å². The summed E-state index contributed by atoms with van der Waals surface area (Å²) in [5.41, 5.74) is 2.06. The van der Waals surface area contributed by atoms with Gasteiger partial charge in [0, 0.05) is 6.04 Å². The highest BCUT2D eigenvalue weighted by Crippen LogP contribution is 2.24. The third-order valence-electron chi connectivity index (χ3n) is 2.35. The molecule has 1 aromatic rings. The van der Waals surface area contributed by atoms with Crippen molar-refractivity contribution in [3.8, 4) is 0 Å². The lowest BCUT2D eigenvalue weighted by molar-refractivity contribution is 0.540. The first-order valence-corrected chi connectivity index (χ1v) is 6.16. The van der Waals surface area contributed by atoms with Crippen molar-refractivity contribution in [2.45, 2.75) is 26.3 Å². The smallest absolute Gasteiger partial charge is 0.137 e. The summed E-state index contributed by atoms with van der Waals surface area (Å²) in [6.07, 6.45) is 0.828. The van der Waals surface area contributed by atoms with Crippen LogP contribution in [-0.2, 0) is 0 Å². The van der Waals surface area contributed by atoms with E-state index in [9.17, 15) is 4.39 Å². The van der Waals surface area contributed by atoms with E-state index in [0.29, 0.717) is 4.47 Å². The predicted octanol–water partition coefficient (Wildman–Crippen LogP) is 4.21. The molecule has 1 rings (SSSR count). The fraction of sp³-hybridized carbons (Fsp3) is 0.385. The van der Waals surface area contributed by atoms with Crippen molar-refractivity contribution < 1.29 is 4.39 Å². The lowest BCUT2D eigenvalue weighted by Crippen LogP contribution is -2.21. The monoisotopic (exact) mass is 285 g/mol. The number of halogens is 2. The SMILES string of the molecule is C=C(C)CC(NCC)c1ccc(Br)c(F)c1. The second-order valence-corrected chi connectivity index (χ2v) is 4.80. The molecule has 0 aromatic heterocycles. The Hall–Kier alpha value is -0.670. The lowest BCUT2D eigenvalue weighted by atomic mass is 10.0. The molecule has 0 fully saturated rings. The normalized spacial score (nSPS) is 12.5. The van der Waals surface area contributed by atoms with E-state index < -0.39 is 0 Å². The van der Waals surface area contributed by atoms with Crippen molar-refractivity contribution in [3.63, 3.8) is 0 Å². The Morgan fingerprint density at radius 3 is 2.75 bits per heavy atom. The van der Waals surface area contributed by atoms with Gasteiger partial charge < -0.3 is 5.32 Å². The van der Waals surface area contributed by atoms with E-state index in [4.69, 9.17) is 0 Å². The predicted molar refractivity (Wildman–Crippen MR) is 69.9 cm³/mol. The first-order valence-electron chi connectivity index (χ1n) is 5.37. The molecule has 1 unspecified atom stereocenters. The molecule has 3 heteroatoms. The summed E-state index contributed by atoms with van der Waals surface area (Å²) in [4.78, 5) is 0. The van der Waals surface area contributed by atoms with Crippen LogP contribution in [0.2, 0.25) is 0 Å². The molecule has 1 N–H and O–H groups in total. The third kappa shape index (κ3) is 3.72. The maximum Gasteiger partial charge on any atom is 0.137 e. The zero-order valence-corrected chi connectivity index (χ0v) is 11.3. The van der Waals surface area contributed by atoms with E-state index in [1.165, 1.54) is 0 Å². The molecule has 0 saturated carbocycles. The Labute approximate surface area is 105 Å². The number of hydrogen-bond donors (Lipinski definition) is 1. The maximum atomic E-state index is 13.4. The van der Waals surface area contributed by atoms with Crippen LogP contribution in [0.5, 0.6) is 0 Å². The maximum absolute atomic E-state index is 13.4. The molecule has 0 radical (unpaired) electrons. The van der Waals surface area contributed by atoms with Crippen LogP contribution in [0.15, 0.2) is 34.8 Å². The second-order valence-electron chi connectivity index (χ2n) is 3.95. The summed E-state index contributed by atoms with van der Waals surface area (Å²) >= 11 is 3.16. The summed E-state index contributed by atoms with van der Waals surface area (Å²) in [5, 5.41) is 3.33. The molecule has 0 bridgehead atoms. The van der Waals surface area contributed by atoms with E-state index in [1.807, 2.05) is 19.9 Å². The van der Waals surface area contributed by atoms with Crippen LogP contribution in [0, 0.1) is 5.82 Å². The third-order valence-corrected chi connectivity index (χ3v) is 2.99. The molecular weight excluding hydrogens is 269 g/mol. The van der Waals surface area contributed by atoms with Crippen LogP contribution in [0.4, 0.5) is 4.39 Å². The minimum Gasteiger partial charge on any atom is -0.310 e. The van der Waals surface area contributed by atoms with Crippen LogP contribution in [0.1, 0.15) is 31.9 Å². The Kier molecular flexibility index (Phi) is 5.16. The van der Waals surface area contributed by atoms with E-state index in [-0.39, 0.29) is 11.9 Å². The highest BCUT2D eigenvalue weighted by atomic mass is 79.9. The van der Waals surface area contributed by atoms with Gasteiger partial charge in [0.2, 0.25) is 0 Å². The van der Waals surface area contributed by atoms with Gasteiger partial charge in [-0.25, -0.2) is 4.39 Å². The molecule has 0 aliphatic carbocycles. The van der Waals surface area contributed by atoms with Crippen molar-refractivity contribution in [1.29, 1.82) is 0 Å². The lowest BCUT2D eigenvalue weighted by Gasteiger charge is -2.18. The summed E-state index contributed by atoms with van der Waals surface area (Å²) in [6, 6.07) is 5.39. The Morgan fingerprint density at radius 2 is 2.25 bits per heavy atom. The standard InChI is InChI=1S/C13H17BrFN/c1-4-16-13(7-9(2)3)10-5-6-11(14)12(15)8-10/h5-6,8,13,16H,2,4,7H2,1,3H3. The molecule has 88 valence electrons. The van der Waals surface area contributed by atoms with E-state index in [1.54, 1.807) is 12.1 Å². The van der Waals surface area contributed by atoms with E-state index >= 15 is 0 Å². The molecule has 0 heterocycles. The Bertz CT molecular complexity index is 376. The van der Waals surface area contributed by atoms with Crippen molar-refractivity contribution in [2.24, 2.45) is 0 Å². The minimum atomic E-state index is -0.220. The quantitative estimate of drug-likeness (QED) is 0.800. The highest BCUT2D eigenvalue weighted by Gasteiger charge is 2.12. The van der Waals surface area contributed by atoms with Crippen molar-refractivity contribution in [2.75, 3.05) is 6.54 Å². The second kappa shape index (κ2) is 6.16. The number of benzene rings is 1. The first kappa shape index (κ1) is 13.4. The van der Waals surface area contributed by atoms with Gasteiger partial charge in [-0.1, -0.05) is 18.6 Å². The van der Waals surface area contributed by atoms with Crippen LogP contribution < -0.4 is 5.32 Å². The fourth-order valence-corrected chi connectivity index (χ4v) is 1.88. The Morgan fingerprint density at radius 1 is 1.56 bits per heavy atom. The average molecular weight is 286 g/mol. The van der Waals surface area contributed by atoms with Gasteiger partial charge >= 0.3 is 0 Å². The van der Waals surface area contributed by atoms with Gasteiger partial charge in [0.1, 0.15) is 5.82 Å². The average Bonchev–Trinajstić information content (AvgIpc) is 2.21. The van der Waals surface area contributed by atoms with Crippen molar-refractivity contribution in [1.82, 2.24) is 5.32 Å². The number of rotatable bonds is 5. The van der Waals surface area contributed by atoms with Gasteiger partial charge in [0.05, 0.1) is 4.47 Å². The molecule has 0 amide bonds. The molecule has 0 spiro atoms. The van der Waals surface area contributed by atoms with Gasteiger partial charge in [-0.05, 0) is 53.5 Å². The van der Waals surface area contributed by atoms with Crippen LogP contribution >= 0.6 is 15.9 Å². The molecule has 0 aliphatic rings. The highest BCUT2D eigenvalue weighted by molar-refractivity contribution is 9.10.